The molecule has 0 saturated carbocycles. The Hall–Kier alpha value is -6.14. The quantitative estimate of drug-likeness (QED) is 0.169. The number of fused-ring (bicyclic) bond motifs is 2. The molecule has 0 unspecified atom stereocenters. The van der Waals surface area contributed by atoms with Crippen molar-refractivity contribution < 1.29 is 14.3 Å². The molecule has 0 fully saturated rings. The van der Waals surface area contributed by atoms with Gasteiger partial charge in [0.1, 0.15) is 22.9 Å². The molecule has 3 heterocycles. The lowest BCUT2D eigenvalue weighted by Gasteiger charge is -2.23. The van der Waals surface area contributed by atoms with Crippen LogP contribution in [-0.4, -0.2) is 26.8 Å². The molecule has 0 aliphatic rings. The van der Waals surface area contributed by atoms with Gasteiger partial charge in [-0.1, -0.05) is 103 Å². The smallest absolute Gasteiger partial charge is 0.149 e. The molecule has 3 aromatic heterocycles. The number of phenolic OH excluding ortho intramolecular Hbond substituents is 1. The predicted molar refractivity (Wildman–Crippen MR) is 225 cm³/mol. The molecule has 276 valence electrons. The fraction of sp³-hybridized carbons (Fsp3) is 0.224. The van der Waals surface area contributed by atoms with Crippen LogP contribution in [-0.2, 0) is 5.41 Å². The highest BCUT2D eigenvalue weighted by Gasteiger charge is 2.27. The number of nitrogens with zero attached hydrogens (tertiary/aromatic N) is 3. The Balaban J connectivity index is 1.46. The average molecular weight is 726 g/mol. The second-order valence-electron chi connectivity index (χ2n) is 16.1. The first-order valence-electron chi connectivity index (χ1n) is 19.0. The van der Waals surface area contributed by atoms with Gasteiger partial charge in [0.2, 0.25) is 0 Å². The van der Waals surface area contributed by atoms with Gasteiger partial charge in [-0.05, 0) is 93.1 Å². The maximum Gasteiger partial charge on any atom is 0.149 e. The number of furan rings is 1. The molecule has 1 N–H and O–H groups in total. The summed E-state index contributed by atoms with van der Waals surface area (Å²) in [5.41, 5.74) is 13.5. The van der Waals surface area contributed by atoms with E-state index in [1.54, 1.807) is 19.4 Å². The van der Waals surface area contributed by atoms with Crippen molar-refractivity contribution >= 4 is 22.0 Å². The van der Waals surface area contributed by atoms with Crippen LogP contribution >= 0.6 is 0 Å². The van der Waals surface area contributed by atoms with Gasteiger partial charge in [0.05, 0.1) is 41.4 Å². The Morgan fingerprint density at radius 3 is 2.13 bits per heavy atom. The first-order chi connectivity index (χ1) is 26.4. The van der Waals surface area contributed by atoms with Crippen LogP contribution in [0.15, 0.2) is 126 Å². The second-order valence-corrected chi connectivity index (χ2v) is 16.1. The summed E-state index contributed by atoms with van der Waals surface area (Å²) in [6.45, 7) is 15.6. The lowest BCUT2D eigenvalue weighted by atomic mass is 9.83. The van der Waals surface area contributed by atoms with Crippen molar-refractivity contribution in [1.29, 1.82) is 0 Å². The van der Waals surface area contributed by atoms with Crippen LogP contribution in [0.25, 0.3) is 72.6 Å². The van der Waals surface area contributed by atoms with E-state index in [1.807, 2.05) is 24.4 Å². The van der Waals surface area contributed by atoms with Crippen LogP contribution in [0.5, 0.6) is 11.5 Å². The molecule has 0 aliphatic carbocycles. The summed E-state index contributed by atoms with van der Waals surface area (Å²) in [4.78, 5) is 10.4. The van der Waals surface area contributed by atoms with Gasteiger partial charge in [-0.15, -0.1) is 0 Å². The minimum atomic E-state index is -0.154. The topological polar surface area (TPSA) is 73.3 Å². The summed E-state index contributed by atoms with van der Waals surface area (Å²) in [7, 11) is 1.71. The molecule has 6 heteroatoms. The Morgan fingerprint density at radius 2 is 1.44 bits per heavy atom. The zero-order valence-electron chi connectivity index (χ0n) is 32.8. The first-order valence-corrected chi connectivity index (χ1v) is 19.0. The third kappa shape index (κ3) is 6.56. The number of phenols is 1. The molecule has 8 rings (SSSR count). The van der Waals surface area contributed by atoms with E-state index in [0.717, 1.165) is 55.6 Å². The number of hydrogen-bond acceptors (Lipinski definition) is 5. The van der Waals surface area contributed by atoms with Crippen LogP contribution in [0.2, 0.25) is 0 Å². The number of rotatable bonds is 8. The molecule has 0 aliphatic heterocycles. The fourth-order valence-corrected chi connectivity index (χ4v) is 7.61. The summed E-state index contributed by atoms with van der Waals surface area (Å²) in [6.07, 6.45) is 3.54. The van der Waals surface area contributed by atoms with E-state index >= 15 is 0 Å². The summed E-state index contributed by atoms with van der Waals surface area (Å²) in [5, 5.41) is 12.6. The van der Waals surface area contributed by atoms with Gasteiger partial charge in [0.15, 0.2) is 0 Å². The van der Waals surface area contributed by atoms with Crippen molar-refractivity contribution in [2.75, 3.05) is 7.11 Å². The lowest BCUT2D eigenvalue weighted by molar-refractivity contribution is 0.415. The highest BCUT2D eigenvalue weighted by atomic mass is 16.5. The van der Waals surface area contributed by atoms with Crippen molar-refractivity contribution in [3.05, 3.63) is 138 Å². The monoisotopic (exact) mass is 725 g/mol. The van der Waals surface area contributed by atoms with E-state index in [9.17, 15) is 5.11 Å². The molecule has 0 saturated heterocycles. The number of hydrogen-bond donors (Lipinski definition) is 1. The number of pyridine rings is 1. The normalized spacial score (nSPS) is 12.0. The molecule has 0 amide bonds. The van der Waals surface area contributed by atoms with Gasteiger partial charge in [-0.2, -0.15) is 0 Å². The lowest BCUT2D eigenvalue weighted by Crippen LogP contribution is -2.11. The van der Waals surface area contributed by atoms with Crippen molar-refractivity contribution in [3.63, 3.8) is 0 Å². The second kappa shape index (κ2) is 13.9. The van der Waals surface area contributed by atoms with Crippen LogP contribution < -0.4 is 4.74 Å². The van der Waals surface area contributed by atoms with E-state index in [4.69, 9.17) is 19.1 Å². The zero-order chi connectivity index (χ0) is 38.6. The third-order valence-electron chi connectivity index (χ3n) is 10.6. The zero-order valence-corrected chi connectivity index (χ0v) is 32.8. The van der Waals surface area contributed by atoms with Gasteiger partial charge < -0.3 is 14.3 Å². The molecular weight excluding hydrogens is 679 g/mol. The largest absolute Gasteiger partial charge is 0.507 e. The Bertz CT molecular complexity index is 2670. The number of methoxy groups -OCH3 is 1. The number of aromatic nitrogens is 3. The number of aromatic hydroxyl groups is 1. The SMILES string of the molecule is COc1cc(-c2cc(-c3cc(-c4ccccc4)ccn3)cc(C(C)(C)C)c2)c2nc(-c3cc4ccoc4cc3O)n(-c3c(C(C)C)cccc3C(C)C)c2c1. The molecule has 0 bridgehead atoms. The van der Waals surface area contributed by atoms with Crippen LogP contribution in [0, 0.1) is 0 Å². The highest BCUT2D eigenvalue weighted by molar-refractivity contribution is 5.99. The Kier molecular flexibility index (Phi) is 9.08. The summed E-state index contributed by atoms with van der Waals surface area (Å²) in [5.74, 6) is 1.90. The van der Waals surface area contributed by atoms with E-state index in [0.29, 0.717) is 22.7 Å². The van der Waals surface area contributed by atoms with Crippen LogP contribution in [0.4, 0.5) is 0 Å². The Labute approximate surface area is 323 Å². The number of para-hydroxylation sites is 1. The maximum atomic E-state index is 11.7. The van der Waals surface area contributed by atoms with Gasteiger partial charge >= 0.3 is 0 Å². The van der Waals surface area contributed by atoms with E-state index in [2.05, 4.69) is 138 Å². The predicted octanol–water partition coefficient (Wildman–Crippen LogP) is 13.1. The highest BCUT2D eigenvalue weighted by Crippen LogP contribution is 2.45. The summed E-state index contributed by atoms with van der Waals surface area (Å²) >= 11 is 0. The first kappa shape index (κ1) is 35.9. The summed E-state index contributed by atoms with van der Waals surface area (Å²) in [6, 6.07) is 37.7. The number of imidazole rings is 1. The molecule has 55 heavy (non-hydrogen) atoms. The molecule has 5 aromatic carbocycles. The standard InChI is InChI=1S/C49H47N3O3/c1-29(2)38-15-12-16-39(30(3)4)47(38)52-43-27-37(54-8)26-40(46(43)51-48(52)41-24-33-18-20-55-45(33)28-44(41)53)34-21-35(23-36(22-34)49(5,6)7)42-25-32(17-19-50-42)31-13-10-9-11-14-31/h9-30,53H,1-8H3. The average Bonchev–Trinajstić information content (AvgIpc) is 3.80. The minimum absolute atomic E-state index is 0.0991. The van der Waals surface area contributed by atoms with Gasteiger partial charge in [-0.25, -0.2) is 4.98 Å². The van der Waals surface area contributed by atoms with Gasteiger partial charge in [0, 0.05) is 34.8 Å². The molecule has 0 atom stereocenters. The van der Waals surface area contributed by atoms with Gasteiger partial charge in [-0.3, -0.25) is 9.55 Å². The minimum Gasteiger partial charge on any atom is -0.507 e. The van der Waals surface area contributed by atoms with E-state index < -0.39 is 0 Å². The van der Waals surface area contributed by atoms with Crippen LogP contribution in [0.3, 0.4) is 0 Å². The fourth-order valence-electron chi connectivity index (χ4n) is 7.61. The Morgan fingerprint density at radius 1 is 0.709 bits per heavy atom. The number of benzene rings is 5. The molecule has 8 aromatic rings. The molecule has 0 spiro atoms. The molecular formula is C49H47N3O3. The van der Waals surface area contributed by atoms with E-state index in [-0.39, 0.29) is 23.0 Å². The molecule has 0 radical (unpaired) electrons. The van der Waals surface area contributed by atoms with Crippen molar-refractivity contribution in [1.82, 2.24) is 14.5 Å². The van der Waals surface area contributed by atoms with Crippen molar-refractivity contribution in [2.24, 2.45) is 0 Å². The summed E-state index contributed by atoms with van der Waals surface area (Å²) < 4.78 is 14.0. The maximum absolute atomic E-state index is 11.7. The van der Waals surface area contributed by atoms with Crippen molar-refractivity contribution in [3.8, 4) is 62.1 Å². The molecule has 6 nitrogen and oxygen atoms in total. The van der Waals surface area contributed by atoms with Crippen molar-refractivity contribution in [2.45, 2.75) is 65.7 Å². The third-order valence-corrected chi connectivity index (χ3v) is 10.6. The van der Waals surface area contributed by atoms with E-state index in [1.165, 1.54) is 16.7 Å². The van der Waals surface area contributed by atoms with Crippen LogP contribution in [0.1, 0.15) is 77.0 Å². The van der Waals surface area contributed by atoms with Gasteiger partial charge in [0.25, 0.3) is 0 Å². The number of ether oxygens (including phenoxy) is 1.